The number of thioether (sulfide) groups is 1. The Bertz CT molecular complexity index is 906. The van der Waals surface area contributed by atoms with Gasteiger partial charge in [-0.2, -0.15) is 16.7 Å². The number of amides is 1. The third kappa shape index (κ3) is 5.93. The van der Waals surface area contributed by atoms with E-state index in [4.69, 9.17) is 4.52 Å². The van der Waals surface area contributed by atoms with Crippen LogP contribution < -0.4 is 5.32 Å². The lowest BCUT2D eigenvalue weighted by atomic mass is 9.96. The van der Waals surface area contributed by atoms with E-state index in [1.807, 2.05) is 35.3 Å². The van der Waals surface area contributed by atoms with Gasteiger partial charge in [0.05, 0.1) is 11.4 Å². The van der Waals surface area contributed by atoms with Gasteiger partial charge in [0, 0.05) is 24.0 Å². The molecule has 8 heteroatoms. The second-order valence-electron chi connectivity index (χ2n) is 7.37. The van der Waals surface area contributed by atoms with Crippen LogP contribution in [-0.2, 0) is 17.1 Å². The monoisotopic (exact) mass is 442 g/mol. The molecule has 2 aromatic heterocycles. The first kappa shape index (κ1) is 21.1. The molecular weight excluding hydrogens is 416 g/mol. The Balaban J connectivity index is 1.12. The lowest BCUT2D eigenvalue weighted by Gasteiger charge is -2.30. The SMILES string of the molecule is O=C(NCCSCc1ccccc1)C1CCN(Cc2nc(-c3cccs3)no2)CC1. The number of hydrogen-bond acceptors (Lipinski definition) is 7. The summed E-state index contributed by atoms with van der Waals surface area (Å²) < 4.78 is 5.40. The van der Waals surface area contributed by atoms with Gasteiger partial charge in [-0.15, -0.1) is 11.3 Å². The summed E-state index contributed by atoms with van der Waals surface area (Å²) in [4.78, 5) is 20.2. The van der Waals surface area contributed by atoms with E-state index in [9.17, 15) is 4.79 Å². The number of nitrogens with one attached hydrogen (secondary N) is 1. The molecule has 0 spiro atoms. The minimum Gasteiger partial charge on any atom is -0.355 e. The van der Waals surface area contributed by atoms with Crippen LogP contribution in [0.4, 0.5) is 0 Å². The van der Waals surface area contributed by atoms with Gasteiger partial charge in [-0.3, -0.25) is 9.69 Å². The summed E-state index contributed by atoms with van der Waals surface area (Å²) in [5, 5.41) is 9.17. The predicted octanol–water partition coefficient (Wildman–Crippen LogP) is 4.06. The van der Waals surface area contributed by atoms with Gasteiger partial charge in [-0.1, -0.05) is 41.6 Å². The topological polar surface area (TPSA) is 71.3 Å². The van der Waals surface area contributed by atoms with Gasteiger partial charge in [0.15, 0.2) is 0 Å². The molecule has 4 rings (SSSR count). The molecule has 1 saturated heterocycles. The Morgan fingerprint density at radius 2 is 2.03 bits per heavy atom. The van der Waals surface area contributed by atoms with E-state index >= 15 is 0 Å². The Morgan fingerprint density at radius 3 is 2.80 bits per heavy atom. The van der Waals surface area contributed by atoms with Crippen LogP contribution in [0.1, 0.15) is 24.3 Å². The highest BCUT2D eigenvalue weighted by atomic mass is 32.2. The molecule has 0 saturated carbocycles. The van der Waals surface area contributed by atoms with Gasteiger partial charge in [0.1, 0.15) is 0 Å². The first-order chi connectivity index (χ1) is 14.8. The van der Waals surface area contributed by atoms with Crippen molar-refractivity contribution in [1.29, 1.82) is 0 Å². The number of carbonyl (C=O) groups excluding carboxylic acids is 1. The van der Waals surface area contributed by atoms with Crippen molar-refractivity contribution in [1.82, 2.24) is 20.4 Å². The van der Waals surface area contributed by atoms with Crippen LogP contribution in [0.3, 0.4) is 0 Å². The molecule has 1 aliphatic heterocycles. The zero-order chi connectivity index (χ0) is 20.6. The van der Waals surface area contributed by atoms with Gasteiger partial charge in [-0.25, -0.2) is 0 Å². The molecule has 1 amide bonds. The molecule has 0 radical (unpaired) electrons. The third-order valence-electron chi connectivity index (χ3n) is 5.18. The summed E-state index contributed by atoms with van der Waals surface area (Å²) in [6, 6.07) is 14.4. The number of benzene rings is 1. The molecule has 158 valence electrons. The summed E-state index contributed by atoms with van der Waals surface area (Å²) in [6.45, 7) is 3.11. The van der Waals surface area contributed by atoms with Crippen molar-refractivity contribution in [2.24, 2.45) is 5.92 Å². The van der Waals surface area contributed by atoms with E-state index in [2.05, 4.69) is 44.6 Å². The summed E-state index contributed by atoms with van der Waals surface area (Å²) >= 11 is 3.45. The third-order valence-corrected chi connectivity index (χ3v) is 7.08. The van der Waals surface area contributed by atoms with Crippen molar-refractivity contribution >= 4 is 29.0 Å². The quantitative estimate of drug-likeness (QED) is 0.504. The van der Waals surface area contributed by atoms with Crippen LogP contribution in [0.15, 0.2) is 52.4 Å². The highest BCUT2D eigenvalue weighted by Crippen LogP contribution is 2.23. The number of hydrogen-bond donors (Lipinski definition) is 1. The molecule has 30 heavy (non-hydrogen) atoms. The second-order valence-corrected chi connectivity index (χ2v) is 9.42. The van der Waals surface area contributed by atoms with Crippen LogP contribution >= 0.6 is 23.1 Å². The molecule has 1 fully saturated rings. The van der Waals surface area contributed by atoms with E-state index < -0.39 is 0 Å². The summed E-state index contributed by atoms with van der Waals surface area (Å²) in [6.07, 6.45) is 1.74. The van der Waals surface area contributed by atoms with E-state index in [1.165, 1.54) is 5.56 Å². The van der Waals surface area contributed by atoms with Gasteiger partial charge in [0.2, 0.25) is 17.6 Å². The van der Waals surface area contributed by atoms with Crippen molar-refractivity contribution in [2.45, 2.75) is 25.1 Å². The van der Waals surface area contributed by atoms with Crippen LogP contribution in [0.2, 0.25) is 0 Å². The minimum absolute atomic E-state index is 0.102. The molecule has 0 unspecified atom stereocenters. The average molecular weight is 443 g/mol. The van der Waals surface area contributed by atoms with E-state index in [1.54, 1.807) is 11.3 Å². The molecule has 0 bridgehead atoms. The van der Waals surface area contributed by atoms with Gasteiger partial charge in [-0.05, 0) is 42.9 Å². The molecular formula is C22H26N4O2S2. The van der Waals surface area contributed by atoms with Gasteiger partial charge in [0.25, 0.3) is 0 Å². The highest BCUT2D eigenvalue weighted by molar-refractivity contribution is 7.98. The number of likely N-dealkylation sites (tertiary alicyclic amines) is 1. The molecule has 1 aliphatic rings. The molecule has 1 aromatic carbocycles. The average Bonchev–Trinajstić information content (AvgIpc) is 3.47. The van der Waals surface area contributed by atoms with E-state index in [0.29, 0.717) is 18.3 Å². The Labute approximate surface area is 185 Å². The normalized spacial score (nSPS) is 15.3. The minimum atomic E-state index is 0.102. The number of thiophene rings is 1. The Hall–Kier alpha value is -2.16. The molecule has 6 nitrogen and oxygen atoms in total. The first-order valence-corrected chi connectivity index (χ1v) is 12.3. The van der Waals surface area contributed by atoms with Gasteiger partial charge >= 0.3 is 0 Å². The standard InChI is InChI=1S/C22H26N4O2S2/c27-22(23-10-14-29-16-17-5-2-1-3-6-17)18-8-11-26(12-9-18)15-20-24-21(25-28-20)19-7-4-13-30-19/h1-7,13,18H,8-12,14-16H2,(H,23,27). The van der Waals surface area contributed by atoms with Crippen LogP contribution in [0.5, 0.6) is 0 Å². The first-order valence-electron chi connectivity index (χ1n) is 10.3. The molecule has 1 N–H and O–H groups in total. The number of piperidine rings is 1. The Kier molecular flexibility index (Phi) is 7.55. The molecule has 0 aliphatic carbocycles. The van der Waals surface area contributed by atoms with Crippen molar-refractivity contribution in [3.05, 3.63) is 59.3 Å². The maximum atomic E-state index is 12.5. The molecule has 0 atom stereocenters. The maximum Gasteiger partial charge on any atom is 0.241 e. The Morgan fingerprint density at radius 1 is 1.20 bits per heavy atom. The largest absolute Gasteiger partial charge is 0.355 e. The zero-order valence-corrected chi connectivity index (χ0v) is 18.5. The second kappa shape index (κ2) is 10.7. The fourth-order valence-corrected chi connectivity index (χ4v) is 4.99. The number of aromatic nitrogens is 2. The van der Waals surface area contributed by atoms with E-state index in [0.717, 1.165) is 48.9 Å². The molecule has 3 aromatic rings. The van der Waals surface area contributed by atoms with Crippen LogP contribution in [0.25, 0.3) is 10.7 Å². The van der Waals surface area contributed by atoms with E-state index in [-0.39, 0.29) is 11.8 Å². The summed E-state index contributed by atoms with van der Waals surface area (Å²) in [5.74, 6) is 3.50. The van der Waals surface area contributed by atoms with Crippen molar-refractivity contribution in [2.75, 3.05) is 25.4 Å². The highest BCUT2D eigenvalue weighted by Gasteiger charge is 2.25. The van der Waals surface area contributed by atoms with Gasteiger partial charge < -0.3 is 9.84 Å². The number of nitrogens with zero attached hydrogens (tertiary/aromatic N) is 3. The maximum absolute atomic E-state index is 12.5. The molecule has 3 heterocycles. The van der Waals surface area contributed by atoms with Crippen LogP contribution in [0, 0.1) is 5.92 Å². The van der Waals surface area contributed by atoms with Crippen molar-refractivity contribution < 1.29 is 9.32 Å². The number of carbonyl (C=O) groups is 1. The smallest absolute Gasteiger partial charge is 0.241 e. The van der Waals surface area contributed by atoms with Crippen molar-refractivity contribution in [3.63, 3.8) is 0 Å². The van der Waals surface area contributed by atoms with Crippen molar-refractivity contribution in [3.8, 4) is 10.7 Å². The fraction of sp³-hybridized carbons (Fsp3) is 0.409. The predicted molar refractivity (Wildman–Crippen MR) is 121 cm³/mol. The fourth-order valence-electron chi connectivity index (χ4n) is 3.52. The number of rotatable bonds is 9. The summed E-state index contributed by atoms with van der Waals surface area (Å²) in [7, 11) is 0. The lowest BCUT2D eigenvalue weighted by molar-refractivity contribution is -0.126. The lowest BCUT2D eigenvalue weighted by Crippen LogP contribution is -2.40. The zero-order valence-electron chi connectivity index (χ0n) is 16.8. The summed E-state index contributed by atoms with van der Waals surface area (Å²) in [5.41, 5.74) is 1.32. The van der Waals surface area contributed by atoms with Crippen LogP contribution in [-0.4, -0.2) is 46.3 Å².